The summed E-state index contributed by atoms with van der Waals surface area (Å²) < 4.78 is 17.0. The summed E-state index contributed by atoms with van der Waals surface area (Å²) in [4.78, 5) is 61.5. The van der Waals surface area contributed by atoms with Gasteiger partial charge in [-0.05, 0) is 59.7 Å². The van der Waals surface area contributed by atoms with Gasteiger partial charge in [0, 0.05) is 30.0 Å². The predicted molar refractivity (Wildman–Crippen MR) is 188 cm³/mol. The van der Waals surface area contributed by atoms with E-state index in [2.05, 4.69) is 28.2 Å². The Morgan fingerprint density at radius 1 is 0.961 bits per heavy atom. The molecule has 0 aromatic heterocycles. The second kappa shape index (κ2) is 14.1. The van der Waals surface area contributed by atoms with E-state index in [0.717, 1.165) is 35.1 Å². The third-order valence-corrected chi connectivity index (χ3v) is 10.0. The molecule has 3 amide bonds. The lowest BCUT2D eigenvalue weighted by atomic mass is 9.97. The van der Waals surface area contributed by atoms with Crippen molar-refractivity contribution in [1.82, 2.24) is 21.0 Å². The van der Waals surface area contributed by atoms with E-state index < -0.39 is 41.4 Å². The molecule has 1 saturated heterocycles. The van der Waals surface area contributed by atoms with Crippen LogP contribution in [0.15, 0.2) is 72.8 Å². The average Bonchev–Trinajstić information content (AvgIpc) is 3.61. The van der Waals surface area contributed by atoms with Gasteiger partial charge in [-0.1, -0.05) is 61.9 Å². The van der Waals surface area contributed by atoms with E-state index >= 15 is 0 Å². The number of nitrogens with one attached hydrogen (secondary N) is 3. The summed E-state index contributed by atoms with van der Waals surface area (Å²) in [6, 6.07) is 19.4. The second-order valence-electron chi connectivity index (χ2n) is 13.5. The molecule has 2 aliphatic heterocycles. The van der Waals surface area contributed by atoms with Crippen molar-refractivity contribution in [2.75, 3.05) is 27.4 Å². The number of amides is 3. The maximum Gasteiger partial charge on any atom is 0.410 e. The average molecular weight is 695 g/mol. The zero-order chi connectivity index (χ0) is 35.7. The molecule has 1 spiro atoms. The van der Waals surface area contributed by atoms with Crippen LogP contribution in [0.1, 0.15) is 61.6 Å². The summed E-state index contributed by atoms with van der Waals surface area (Å²) in [5.74, 6) is -1.01. The van der Waals surface area contributed by atoms with Crippen molar-refractivity contribution in [2.24, 2.45) is 0 Å². The van der Waals surface area contributed by atoms with E-state index in [1.165, 1.54) is 4.90 Å². The highest BCUT2D eigenvalue weighted by Crippen LogP contribution is 2.45. The number of hydrogen-bond acceptors (Lipinski definition) is 9. The summed E-state index contributed by atoms with van der Waals surface area (Å²) in [7, 11) is 3.12. The summed E-state index contributed by atoms with van der Waals surface area (Å²) in [6.07, 6.45) is 3.70. The smallest absolute Gasteiger partial charge is 0.410 e. The van der Waals surface area contributed by atoms with Crippen molar-refractivity contribution in [3.8, 4) is 22.6 Å². The number of carbonyl (C=O) groups excluding carboxylic acids is 4. The molecule has 12 heteroatoms. The SMILES string of the molecule is CCC[C@H](NC(=O)[C@@H]1C[C@]2(C=C(c3ccc(OC)cc3OC)NO2)CN1C(=O)OCC1c2ccccc2-c2ccccc21)C(=O)C(=O)NC1CC1. The molecule has 1 saturated carbocycles. The van der Waals surface area contributed by atoms with Gasteiger partial charge in [-0.3, -0.25) is 29.6 Å². The van der Waals surface area contributed by atoms with Crippen molar-refractivity contribution in [1.29, 1.82) is 0 Å². The Morgan fingerprint density at radius 3 is 2.31 bits per heavy atom. The van der Waals surface area contributed by atoms with Crippen LogP contribution in [0.2, 0.25) is 0 Å². The number of Topliss-reactive ketones (excluding diaryl/α,β-unsaturated/α-hetero) is 1. The van der Waals surface area contributed by atoms with Crippen molar-refractivity contribution in [3.63, 3.8) is 0 Å². The lowest BCUT2D eigenvalue weighted by Crippen LogP contribution is -2.53. The third kappa shape index (κ3) is 6.75. The largest absolute Gasteiger partial charge is 0.497 e. The number of fused-ring (bicyclic) bond motifs is 3. The fourth-order valence-electron chi connectivity index (χ4n) is 7.28. The Bertz CT molecular complexity index is 1840. The Kier molecular flexibility index (Phi) is 9.43. The van der Waals surface area contributed by atoms with Gasteiger partial charge in [0.15, 0.2) is 0 Å². The standard InChI is InChI=1S/C39H42N4O8/c1-4-9-31(35(44)37(46)40-23-14-15-23)41-36(45)33-20-39(19-32(42-51-39)29-17-16-24(48-2)18-34(29)49-3)22-43(33)38(47)50-21-30-27-12-7-5-10-25(27)26-11-6-8-13-28(26)30/h5-8,10-13,16-19,23,30-31,33,42H,4,9,14-15,20-22H2,1-3H3,(H,40,46)(H,41,45)/t31-,33-,39+/m0/s1. The molecule has 4 aliphatic rings. The maximum absolute atomic E-state index is 14.1. The van der Waals surface area contributed by atoms with E-state index in [1.807, 2.05) is 55.5 Å². The van der Waals surface area contributed by atoms with Crippen LogP contribution >= 0.6 is 0 Å². The summed E-state index contributed by atoms with van der Waals surface area (Å²) in [6.45, 7) is 1.92. The first-order valence-corrected chi connectivity index (χ1v) is 17.4. The first-order chi connectivity index (χ1) is 24.7. The fourth-order valence-corrected chi connectivity index (χ4v) is 7.28. The Balaban J connectivity index is 1.15. The molecule has 0 radical (unpaired) electrons. The van der Waals surface area contributed by atoms with Crippen molar-refractivity contribution in [2.45, 2.75) is 68.7 Å². The van der Waals surface area contributed by atoms with Gasteiger partial charge >= 0.3 is 6.09 Å². The van der Waals surface area contributed by atoms with Crippen LogP contribution in [0, 0.1) is 0 Å². The molecule has 7 rings (SSSR count). The molecule has 2 fully saturated rings. The number of methoxy groups -OCH3 is 2. The maximum atomic E-state index is 14.1. The van der Waals surface area contributed by atoms with E-state index in [9.17, 15) is 19.2 Å². The van der Waals surface area contributed by atoms with Gasteiger partial charge in [0.2, 0.25) is 11.7 Å². The molecule has 51 heavy (non-hydrogen) atoms. The van der Waals surface area contributed by atoms with Crippen LogP contribution < -0.4 is 25.6 Å². The number of carbonyl (C=O) groups is 4. The first-order valence-electron chi connectivity index (χ1n) is 17.4. The van der Waals surface area contributed by atoms with Gasteiger partial charge in [0.25, 0.3) is 5.91 Å². The molecule has 3 atom stereocenters. The number of hydroxylamine groups is 1. The Morgan fingerprint density at radius 2 is 1.67 bits per heavy atom. The van der Waals surface area contributed by atoms with Crippen molar-refractivity contribution >= 4 is 29.4 Å². The number of nitrogens with zero attached hydrogens (tertiary/aromatic N) is 1. The number of ketones is 1. The number of hydrogen-bond donors (Lipinski definition) is 3. The Hall–Kier alpha value is -5.36. The molecule has 0 bridgehead atoms. The number of likely N-dealkylation sites (tertiary alicyclic amines) is 1. The normalized spacial score (nSPS) is 20.9. The van der Waals surface area contributed by atoms with Crippen LogP contribution in [0.5, 0.6) is 11.5 Å². The summed E-state index contributed by atoms with van der Waals surface area (Å²) in [5, 5.41) is 5.51. The third-order valence-electron chi connectivity index (χ3n) is 10.0. The minimum Gasteiger partial charge on any atom is -0.497 e. The molecule has 3 aromatic carbocycles. The van der Waals surface area contributed by atoms with Gasteiger partial charge in [0.05, 0.1) is 32.5 Å². The monoisotopic (exact) mass is 694 g/mol. The number of rotatable bonds is 12. The fraction of sp³-hybridized carbons (Fsp3) is 0.385. The lowest BCUT2D eigenvalue weighted by molar-refractivity contribution is -0.140. The van der Waals surface area contributed by atoms with Crippen LogP contribution in [0.25, 0.3) is 16.8 Å². The molecule has 2 aliphatic carbocycles. The van der Waals surface area contributed by atoms with Crippen molar-refractivity contribution < 1.29 is 38.2 Å². The van der Waals surface area contributed by atoms with Gasteiger partial charge < -0.3 is 24.8 Å². The molecular formula is C39H42N4O8. The van der Waals surface area contributed by atoms with Crippen LogP contribution in [-0.4, -0.2) is 79.7 Å². The molecule has 3 aromatic rings. The minimum atomic E-state index is -1.11. The first kappa shape index (κ1) is 34.1. The minimum absolute atomic E-state index is 0.00416. The zero-order valence-electron chi connectivity index (χ0n) is 28.9. The lowest BCUT2D eigenvalue weighted by Gasteiger charge is -2.26. The molecule has 12 nitrogen and oxygen atoms in total. The molecule has 2 heterocycles. The molecule has 3 N–H and O–H groups in total. The highest BCUT2D eigenvalue weighted by Gasteiger charge is 2.53. The van der Waals surface area contributed by atoms with E-state index in [-0.39, 0.29) is 38.0 Å². The van der Waals surface area contributed by atoms with Gasteiger partial charge in [-0.15, -0.1) is 0 Å². The molecule has 266 valence electrons. The summed E-state index contributed by atoms with van der Waals surface area (Å²) in [5.41, 5.74) is 7.49. The number of ether oxygens (including phenoxy) is 3. The quantitative estimate of drug-likeness (QED) is 0.234. The highest BCUT2D eigenvalue weighted by molar-refractivity contribution is 6.38. The van der Waals surface area contributed by atoms with E-state index in [1.54, 1.807) is 26.4 Å². The zero-order valence-corrected chi connectivity index (χ0v) is 28.9. The van der Waals surface area contributed by atoms with Gasteiger partial charge in [-0.2, -0.15) is 0 Å². The second-order valence-corrected chi connectivity index (χ2v) is 13.5. The van der Waals surface area contributed by atoms with Gasteiger partial charge in [0.1, 0.15) is 29.7 Å². The number of benzene rings is 3. The van der Waals surface area contributed by atoms with Crippen molar-refractivity contribution in [3.05, 3.63) is 89.5 Å². The van der Waals surface area contributed by atoms with E-state index in [4.69, 9.17) is 19.0 Å². The Labute approximate surface area is 296 Å². The topological polar surface area (TPSA) is 145 Å². The molecule has 0 unspecified atom stereocenters. The van der Waals surface area contributed by atoms with Crippen LogP contribution in [0.4, 0.5) is 4.79 Å². The summed E-state index contributed by atoms with van der Waals surface area (Å²) >= 11 is 0. The van der Waals surface area contributed by atoms with E-state index in [0.29, 0.717) is 29.2 Å². The van der Waals surface area contributed by atoms with Crippen LogP contribution in [0.3, 0.4) is 0 Å². The highest BCUT2D eigenvalue weighted by atomic mass is 16.7. The van der Waals surface area contributed by atoms with Crippen LogP contribution in [-0.2, 0) is 24.0 Å². The van der Waals surface area contributed by atoms with Gasteiger partial charge in [-0.25, -0.2) is 4.79 Å². The molecular weight excluding hydrogens is 652 g/mol. The predicted octanol–water partition coefficient (Wildman–Crippen LogP) is 4.47.